The van der Waals surface area contributed by atoms with Gasteiger partial charge in [0.1, 0.15) is 5.82 Å². The highest BCUT2D eigenvalue weighted by atomic mass is 19.1. The molecule has 43 heavy (non-hydrogen) atoms. The third-order valence-corrected chi connectivity index (χ3v) is 6.23. The van der Waals surface area contributed by atoms with Gasteiger partial charge < -0.3 is 25.3 Å². The number of dihydropyridines is 1. The first-order valence-electron chi connectivity index (χ1n) is 12.8. The molecule has 218 valence electrons. The Morgan fingerprint density at radius 1 is 1.16 bits per heavy atom. The lowest BCUT2D eigenvalue weighted by molar-refractivity contribution is 0.101. The van der Waals surface area contributed by atoms with Gasteiger partial charge in [0.2, 0.25) is 5.69 Å². The van der Waals surface area contributed by atoms with Gasteiger partial charge in [-0.2, -0.15) is 5.10 Å². The monoisotopic (exact) mass is 586 g/mol. The quantitative estimate of drug-likeness (QED) is 0.269. The Morgan fingerprint density at radius 2 is 1.93 bits per heavy atom. The van der Waals surface area contributed by atoms with Crippen molar-refractivity contribution in [3.63, 3.8) is 0 Å². The second kappa shape index (κ2) is 11.9. The number of imidazole rings is 1. The average molecular weight is 587 g/mol. The van der Waals surface area contributed by atoms with Crippen molar-refractivity contribution in [3.05, 3.63) is 129 Å². The SMILES string of the molecule is CCn1nc(C(=O)Nc2ccc(OC3=CC(c4cn(C)cn4)=CN/C3=C\C=N)c(F)c2)c(=O)n(-c2ccc(F)cc2)c1=O. The van der Waals surface area contributed by atoms with Gasteiger partial charge in [-0.3, -0.25) is 9.59 Å². The van der Waals surface area contributed by atoms with Crippen LogP contribution in [0, 0.1) is 17.0 Å². The number of ether oxygens (including phenoxy) is 1. The molecule has 2 aromatic heterocycles. The molecular formula is C29H24F2N8O4. The molecule has 0 fully saturated rings. The van der Waals surface area contributed by atoms with Crippen molar-refractivity contribution in [3.8, 4) is 11.4 Å². The number of carbonyl (C=O) groups excluding carboxylic acids is 1. The second-order valence-corrected chi connectivity index (χ2v) is 9.19. The van der Waals surface area contributed by atoms with E-state index < -0.39 is 34.5 Å². The molecule has 0 radical (unpaired) electrons. The molecule has 0 atom stereocenters. The Balaban J connectivity index is 1.41. The Hall–Kier alpha value is -5.92. The molecule has 5 rings (SSSR count). The van der Waals surface area contributed by atoms with E-state index in [4.69, 9.17) is 10.1 Å². The van der Waals surface area contributed by atoms with Crippen LogP contribution in [0.4, 0.5) is 14.5 Å². The molecule has 2 aromatic carbocycles. The van der Waals surface area contributed by atoms with Crippen LogP contribution in [0.15, 0.2) is 94.4 Å². The second-order valence-electron chi connectivity index (χ2n) is 9.19. The minimum atomic E-state index is -1.03. The summed E-state index contributed by atoms with van der Waals surface area (Å²) in [5, 5.41) is 16.7. The Kier molecular flexibility index (Phi) is 7.92. The molecule has 0 spiro atoms. The number of amides is 1. The summed E-state index contributed by atoms with van der Waals surface area (Å²) in [6.07, 6.45) is 9.23. The fourth-order valence-electron chi connectivity index (χ4n) is 4.15. The molecule has 0 saturated carbocycles. The van der Waals surface area contributed by atoms with Gasteiger partial charge in [0.05, 0.1) is 23.4 Å². The molecule has 0 bridgehead atoms. The summed E-state index contributed by atoms with van der Waals surface area (Å²) in [6.45, 7) is 1.64. The van der Waals surface area contributed by atoms with Crippen LogP contribution < -0.4 is 26.6 Å². The number of nitrogens with one attached hydrogen (secondary N) is 3. The summed E-state index contributed by atoms with van der Waals surface area (Å²) in [4.78, 5) is 43.3. The van der Waals surface area contributed by atoms with Gasteiger partial charge >= 0.3 is 5.69 Å². The molecule has 0 saturated heterocycles. The number of rotatable bonds is 8. The third-order valence-electron chi connectivity index (χ3n) is 6.23. The number of benzene rings is 2. The zero-order valence-electron chi connectivity index (χ0n) is 22.8. The number of hydrogen-bond acceptors (Lipinski definition) is 8. The lowest BCUT2D eigenvalue weighted by atomic mass is 10.1. The number of nitrogens with zero attached hydrogens (tertiary/aromatic N) is 5. The predicted molar refractivity (Wildman–Crippen MR) is 154 cm³/mol. The maximum Gasteiger partial charge on any atom is 0.352 e. The standard InChI is InChI=1S/C29H24F2N8O4/c1-3-38-29(42)39(20-7-4-18(30)5-8-20)28(41)26(36-38)27(40)35-19-6-9-24(21(31)13-19)43-25-12-17(14-33-22(25)10-11-32)23-15-37(2)16-34-23/h4-16,32-33H,3H2,1-2H3,(H,35,40)/b22-10-,32-11?. The van der Waals surface area contributed by atoms with Gasteiger partial charge in [-0.05, 0) is 55.5 Å². The van der Waals surface area contributed by atoms with Crippen molar-refractivity contribution >= 4 is 23.4 Å². The average Bonchev–Trinajstić information content (AvgIpc) is 3.42. The van der Waals surface area contributed by atoms with E-state index in [9.17, 15) is 18.8 Å². The minimum Gasteiger partial charge on any atom is -0.452 e. The van der Waals surface area contributed by atoms with Crippen LogP contribution >= 0.6 is 0 Å². The normalized spacial score (nSPS) is 13.6. The van der Waals surface area contributed by atoms with Crippen molar-refractivity contribution in [2.24, 2.45) is 7.05 Å². The van der Waals surface area contributed by atoms with Crippen LogP contribution in [0.2, 0.25) is 0 Å². The number of anilines is 1. The first kappa shape index (κ1) is 28.6. The predicted octanol–water partition coefficient (Wildman–Crippen LogP) is 3.12. The first-order chi connectivity index (χ1) is 20.7. The summed E-state index contributed by atoms with van der Waals surface area (Å²) in [6, 6.07) is 8.23. The van der Waals surface area contributed by atoms with Crippen LogP contribution in [0.3, 0.4) is 0 Å². The zero-order chi connectivity index (χ0) is 30.7. The van der Waals surface area contributed by atoms with Gasteiger partial charge in [-0.15, -0.1) is 0 Å². The van der Waals surface area contributed by atoms with Crippen LogP contribution in [-0.2, 0) is 13.6 Å². The smallest absolute Gasteiger partial charge is 0.352 e. The topological polar surface area (TPSA) is 149 Å². The molecule has 0 unspecified atom stereocenters. The van der Waals surface area contributed by atoms with Crippen molar-refractivity contribution in [2.45, 2.75) is 13.5 Å². The summed E-state index contributed by atoms with van der Waals surface area (Å²) in [5.41, 5.74) is -0.726. The Bertz CT molecular complexity index is 1950. The summed E-state index contributed by atoms with van der Waals surface area (Å²) in [7, 11) is 1.82. The molecule has 3 heterocycles. The maximum atomic E-state index is 15.2. The molecule has 12 nitrogen and oxygen atoms in total. The Morgan fingerprint density at radius 3 is 2.58 bits per heavy atom. The molecule has 3 N–H and O–H groups in total. The van der Waals surface area contributed by atoms with Crippen LogP contribution in [-0.4, -0.2) is 36.0 Å². The van der Waals surface area contributed by atoms with Gasteiger partial charge in [-0.25, -0.2) is 27.8 Å². The molecule has 14 heteroatoms. The van der Waals surface area contributed by atoms with Crippen LogP contribution in [0.5, 0.6) is 5.75 Å². The minimum absolute atomic E-state index is 0.0151. The number of allylic oxidation sites excluding steroid dienone is 3. The van der Waals surface area contributed by atoms with E-state index in [0.717, 1.165) is 29.1 Å². The van der Waals surface area contributed by atoms with Gasteiger partial charge in [0, 0.05) is 49.5 Å². The number of aryl methyl sites for hydroxylation is 2. The van der Waals surface area contributed by atoms with E-state index in [1.54, 1.807) is 36.3 Å². The van der Waals surface area contributed by atoms with Crippen molar-refractivity contribution < 1.29 is 18.3 Å². The van der Waals surface area contributed by atoms with E-state index in [0.29, 0.717) is 21.5 Å². The molecule has 1 aliphatic rings. The van der Waals surface area contributed by atoms with E-state index in [1.807, 2.05) is 7.05 Å². The highest BCUT2D eigenvalue weighted by Crippen LogP contribution is 2.28. The van der Waals surface area contributed by atoms with E-state index in [1.165, 1.54) is 30.3 Å². The van der Waals surface area contributed by atoms with Crippen molar-refractivity contribution in [2.75, 3.05) is 5.32 Å². The maximum absolute atomic E-state index is 15.2. The zero-order valence-corrected chi connectivity index (χ0v) is 22.8. The van der Waals surface area contributed by atoms with Crippen molar-refractivity contribution in [1.29, 1.82) is 5.41 Å². The molecule has 1 amide bonds. The molecular weight excluding hydrogens is 562 g/mol. The highest BCUT2D eigenvalue weighted by molar-refractivity contribution is 6.02. The summed E-state index contributed by atoms with van der Waals surface area (Å²) in [5.74, 6) is -2.36. The van der Waals surface area contributed by atoms with Crippen molar-refractivity contribution in [1.82, 2.24) is 29.2 Å². The largest absolute Gasteiger partial charge is 0.452 e. The number of halogens is 2. The number of aromatic nitrogens is 5. The Labute approximate surface area is 242 Å². The lowest BCUT2D eigenvalue weighted by Gasteiger charge is -2.19. The van der Waals surface area contributed by atoms with E-state index >= 15 is 4.39 Å². The van der Waals surface area contributed by atoms with E-state index in [2.05, 4.69) is 20.7 Å². The number of carbonyl (C=O) groups is 1. The van der Waals surface area contributed by atoms with Gasteiger partial charge in [0.25, 0.3) is 11.5 Å². The number of hydrogen-bond donors (Lipinski definition) is 3. The molecule has 1 aliphatic heterocycles. The van der Waals surface area contributed by atoms with Gasteiger partial charge in [0.15, 0.2) is 17.3 Å². The van der Waals surface area contributed by atoms with Crippen LogP contribution in [0.1, 0.15) is 23.1 Å². The fraction of sp³-hybridized carbons (Fsp3) is 0.103. The fourth-order valence-corrected chi connectivity index (χ4v) is 4.15. The van der Waals surface area contributed by atoms with Crippen LogP contribution in [0.25, 0.3) is 11.3 Å². The third kappa shape index (κ3) is 5.93. The molecule has 0 aliphatic carbocycles. The summed E-state index contributed by atoms with van der Waals surface area (Å²) < 4.78 is 37.8. The molecule has 4 aromatic rings. The lowest BCUT2D eigenvalue weighted by Crippen LogP contribution is -2.44. The first-order valence-corrected chi connectivity index (χ1v) is 12.8. The van der Waals surface area contributed by atoms with E-state index in [-0.39, 0.29) is 29.4 Å². The summed E-state index contributed by atoms with van der Waals surface area (Å²) >= 11 is 0. The highest BCUT2D eigenvalue weighted by Gasteiger charge is 2.22. The van der Waals surface area contributed by atoms with Gasteiger partial charge in [-0.1, -0.05) is 0 Å².